The van der Waals surface area contributed by atoms with Crippen molar-refractivity contribution < 1.29 is 0 Å². The summed E-state index contributed by atoms with van der Waals surface area (Å²) < 4.78 is 0. The van der Waals surface area contributed by atoms with Crippen LogP contribution in [-0.2, 0) is 0 Å². The van der Waals surface area contributed by atoms with Crippen LogP contribution in [0.1, 0.15) is 84.5 Å². The lowest BCUT2D eigenvalue weighted by Crippen LogP contribution is -1.96. The third kappa shape index (κ3) is 12.4. The van der Waals surface area contributed by atoms with Gasteiger partial charge < -0.3 is 0 Å². The van der Waals surface area contributed by atoms with E-state index in [-0.39, 0.29) is 0 Å². The van der Waals surface area contributed by atoms with E-state index in [0.29, 0.717) is 0 Å². The minimum absolute atomic E-state index is 0.780. The van der Waals surface area contributed by atoms with Crippen LogP contribution < -0.4 is 0 Å². The second-order valence-electron chi connectivity index (χ2n) is 4.65. The molecule has 1 heteroatoms. The number of hydrogen-bond acceptors (Lipinski definition) is 0. The first-order valence-electron chi connectivity index (χ1n) is 6.95. The lowest BCUT2D eigenvalue weighted by atomic mass is 10.1. The van der Waals surface area contributed by atoms with Gasteiger partial charge in [0.25, 0.3) is 0 Å². The molecule has 0 fully saturated rings. The van der Waals surface area contributed by atoms with Crippen molar-refractivity contribution in [2.75, 3.05) is 0 Å². The molecule has 0 saturated heterocycles. The molecule has 0 aromatic heterocycles. The Labute approximate surface area is 105 Å². The molecule has 1 unspecified atom stereocenters. The molecule has 92 valence electrons. The monoisotopic (exact) mass is 276 g/mol. The van der Waals surface area contributed by atoms with Crippen LogP contribution in [0.4, 0.5) is 0 Å². The minimum atomic E-state index is 0.780. The molecular formula is C14H29Br. The molecule has 0 spiro atoms. The topological polar surface area (TPSA) is 0 Å². The standard InChI is InChI=1S/C14H29Br/c1-3-5-6-7-8-9-10-11-13-14(15)12-4-2/h14H,3-13H2,1-2H3. The molecule has 0 saturated carbocycles. The Balaban J connectivity index is 2.98. The average Bonchev–Trinajstić information content (AvgIpc) is 2.22. The molecular weight excluding hydrogens is 248 g/mol. The predicted molar refractivity (Wildman–Crippen MR) is 74.9 cm³/mol. The molecule has 0 aromatic rings. The summed E-state index contributed by atoms with van der Waals surface area (Å²) in [6.45, 7) is 4.55. The van der Waals surface area contributed by atoms with Crippen molar-refractivity contribution in [3.8, 4) is 0 Å². The lowest BCUT2D eigenvalue weighted by molar-refractivity contribution is 0.554. The highest BCUT2D eigenvalue weighted by molar-refractivity contribution is 9.09. The fourth-order valence-corrected chi connectivity index (χ4v) is 2.74. The maximum atomic E-state index is 3.74. The Morgan fingerprint density at radius 1 is 0.667 bits per heavy atom. The third-order valence-electron chi connectivity index (χ3n) is 2.97. The van der Waals surface area contributed by atoms with E-state index in [2.05, 4.69) is 29.8 Å². The normalized spacial score (nSPS) is 13.0. The van der Waals surface area contributed by atoms with E-state index < -0.39 is 0 Å². The van der Waals surface area contributed by atoms with Gasteiger partial charge in [-0.05, 0) is 12.8 Å². The number of unbranched alkanes of at least 4 members (excludes halogenated alkanes) is 7. The molecule has 0 rings (SSSR count). The van der Waals surface area contributed by atoms with Gasteiger partial charge in [0, 0.05) is 4.83 Å². The first-order chi connectivity index (χ1) is 7.31. The first-order valence-corrected chi connectivity index (χ1v) is 7.86. The summed E-state index contributed by atoms with van der Waals surface area (Å²) in [6, 6.07) is 0. The van der Waals surface area contributed by atoms with Crippen LogP contribution in [0.2, 0.25) is 0 Å². The summed E-state index contributed by atoms with van der Waals surface area (Å²) in [4.78, 5) is 0.780. The van der Waals surface area contributed by atoms with E-state index >= 15 is 0 Å². The highest BCUT2D eigenvalue weighted by atomic mass is 79.9. The van der Waals surface area contributed by atoms with Gasteiger partial charge in [0.15, 0.2) is 0 Å². The molecule has 0 radical (unpaired) electrons. The van der Waals surface area contributed by atoms with Crippen molar-refractivity contribution in [2.24, 2.45) is 0 Å². The lowest BCUT2D eigenvalue weighted by Gasteiger charge is -2.07. The number of hydrogen-bond donors (Lipinski definition) is 0. The van der Waals surface area contributed by atoms with Crippen LogP contribution in [-0.4, -0.2) is 4.83 Å². The van der Waals surface area contributed by atoms with Crippen LogP contribution >= 0.6 is 15.9 Å². The van der Waals surface area contributed by atoms with Crippen molar-refractivity contribution in [1.29, 1.82) is 0 Å². The Kier molecular flexibility index (Phi) is 13.0. The van der Waals surface area contributed by atoms with Crippen LogP contribution in [0.5, 0.6) is 0 Å². The Bertz CT molecular complexity index is 112. The van der Waals surface area contributed by atoms with Gasteiger partial charge in [0.05, 0.1) is 0 Å². The third-order valence-corrected chi connectivity index (χ3v) is 3.89. The van der Waals surface area contributed by atoms with Crippen molar-refractivity contribution in [3.63, 3.8) is 0 Å². The van der Waals surface area contributed by atoms with Crippen LogP contribution in [0.25, 0.3) is 0 Å². The fraction of sp³-hybridized carbons (Fsp3) is 1.00. The Morgan fingerprint density at radius 2 is 1.20 bits per heavy atom. The van der Waals surface area contributed by atoms with E-state index in [0.717, 1.165) is 4.83 Å². The smallest absolute Gasteiger partial charge is 0.0145 e. The van der Waals surface area contributed by atoms with Crippen molar-refractivity contribution in [3.05, 3.63) is 0 Å². The Hall–Kier alpha value is 0.480. The van der Waals surface area contributed by atoms with Gasteiger partial charge in [0.2, 0.25) is 0 Å². The van der Waals surface area contributed by atoms with E-state index in [4.69, 9.17) is 0 Å². The highest BCUT2D eigenvalue weighted by Gasteiger charge is 2.01. The molecule has 0 amide bonds. The van der Waals surface area contributed by atoms with Crippen molar-refractivity contribution in [1.82, 2.24) is 0 Å². The Morgan fingerprint density at radius 3 is 1.73 bits per heavy atom. The van der Waals surface area contributed by atoms with Crippen LogP contribution in [0.3, 0.4) is 0 Å². The zero-order valence-corrected chi connectivity index (χ0v) is 12.3. The molecule has 15 heavy (non-hydrogen) atoms. The number of alkyl halides is 1. The van der Waals surface area contributed by atoms with Crippen LogP contribution in [0.15, 0.2) is 0 Å². The maximum absolute atomic E-state index is 3.74. The number of halogens is 1. The summed E-state index contributed by atoms with van der Waals surface area (Å²) in [5, 5.41) is 0. The molecule has 0 heterocycles. The van der Waals surface area contributed by atoms with Crippen molar-refractivity contribution >= 4 is 15.9 Å². The van der Waals surface area contributed by atoms with E-state index in [1.54, 1.807) is 0 Å². The van der Waals surface area contributed by atoms with Crippen LogP contribution in [0, 0.1) is 0 Å². The highest BCUT2D eigenvalue weighted by Crippen LogP contribution is 2.17. The van der Waals surface area contributed by atoms with Gasteiger partial charge in [-0.25, -0.2) is 0 Å². The van der Waals surface area contributed by atoms with Gasteiger partial charge in [-0.3, -0.25) is 0 Å². The van der Waals surface area contributed by atoms with E-state index in [9.17, 15) is 0 Å². The van der Waals surface area contributed by atoms with Gasteiger partial charge >= 0.3 is 0 Å². The SMILES string of the molecule is CCCCCCCCCCC(Br)CCC. The predicted octanol–water partition coefficient (Wildman–Crippen LogP) is 6.08. The summed E-state index contributed by atoms with van der Waals surface area (Å²) in [5.41, 5.74) is 0. The van der Waals surface area contributed by atoms with Gasteiger partial charge in [-0.15, -0.1) is 0 Å². The van der Waals surface area contributed by atoms with E-state index in [1.807, 2.05) is 0 Å². The molecule has 0 nitrogen and oxygen atoms in total. The molecule has 0 aromatic carbocycles. The summed E-state index contributed by atoms with van der Waals surface area (Å²) in [7, 11) is 0. The summed E-state index contributed by atoms with van der Waals surface area (Å²) >= 11 is 3.74. The second-order valence-corrected chi connectivity index (χ2v) is 5.94. The molecule has 0 aliphatic heterocycles. The molecule has 0 bridgehead atoms. The second kappa shape index (κ2) is 12.5. The molecule has 0 N–H and O–H groups in total. The fourth-order valence-electron chi connectivity index (χ4n) is 1.96. The zero-order valence-electron chi connectivity index (χ0n) is 10.7. The van der Waals surface area contributed by atoms with Gasteiger partial charge in [-0.1, -0.05) is 87.6 Å². The van der Waals surface area contributed by atoms with Crippen molar-refractivity contribution in [2.45, 2.75) is 89.3 Å². The number of rotatable bonds is 11. The van der Waals surface area contributed by atoms with Gasteiger partial charge in [0.1, 0.15) is 0 Å². The minimum Gasteiger partial charge on any atom is -0.0891 e. The molecule has 0 aliphatic rings. The molecule has 1 atom stereocenters. The first kappa shape index (κ1) is 15.5. The maximum Gasteiger partial charge on any atom is 0.0145 e. The summed E-state index contributed by atoms with van der Waals surface area (Å²) in [5.74, 6) is 0. The quantitative estimate of drug-likeness (QED) is 0.317. The zero-order chi connectivity index (χ0) is 11.4. The van der Waals surface area contributed by atoms with E-state index in [1.165, 1.54) is 70.6 Å². The largest absolute Gasteiger partial charge is 0.0891 e. The molecule has 0 aliphatic carbocycles. The summed E-state index contributed by atoms with van der Waals surface area (Å²) in [6.07, 6.45) is 15.5. The average molecular weight is 277 g/mol. The van der Waals surface area contributed by atoms with Gasteiger partial charge in [-0.2, -0.15) is 0 Å².